The van der Waals surface area contributed by atoms with E-state index in [1.54, 1.807) is 31.2 Å². The summed E-state index contributed by atoms with van der Waals surface area (Å²) in [5.41, 5.74) is 2.86. The van der Waals surface area contributed by atoms with Gasteiger partial charge in [0.05, 0.1) is 10.6 Å². The molecule has 0 atom stereocenters. The summed E-state index contributed by atoms with van der Waals surface area (Å²) >= 11 is 5.93. The Morgan fingerprint density at radius 2 is 1.89 bits per heavy atom. The van der Waals surface area contributed by atoms with Crippen molar-refractivity contribution >= 4 is 44.4 Å². The van der Waals surface area contributed by atoms with Crippen LogP contribution in [0, 0.1) is 0 Å². The number of hydrogen-bond acceptors (Lipinski definition) is 6. The third-order valence-corrected chi connectivity index (χ3v) is 6.72. The largest absolute Gasteiger partial charge is 0.340 e. The van der Waals surface area contributed by atoms with Gasteiger partial charge in [0.15, 0.2) is 9.84 Å². The Balaban J connectivity index is 1.65. The maximum atomic E-state index is 12.3. The van der Waals surface area contributed by atoms with Crippen molar-refractivity contribution in [3.63, 3.8) is 0 Å². The van der Waals surface area contributed by atoms with Gasteiger partial charge >= 0.3 is 0 Å². The average molecular weight is 415 g/mol. The highest BCUT2D eigenvalue weighted by Gasteiger charge is 2.24. The molecule has 0 radical (unpaired) electrons. The molecule has 1 aliphatic heterocycles. The number of rotatable bonds is 5. The second-order valence-electron chi connectivity index (χ2n) is 6.49. The minimum absolute atomic E-state index is 0.0778. The van der Waals surface area contributed by atoms with Crippen molar-refractivity contribution in [2.24, 2.45) is 0 Å². The van der Waals surface area contributed by atoms with Crippen molar-refractivity contribution in [3.8, 4) is 0 Å². The van der Waals surface area contributed by atoms with Gasteiger partial charge in [0, 0.05) is 29.0 Å². The topological polar surface area (TPSA) is 75.2 Å². The Morgan fingerprint density at radius 3 is 2.64 bits per heavy atom. The highest BCUT2D eigenvalue weighted by molar-refractivity contribution is 7.91. The molecule has 0 saturated heterocycles. The summed E-state index contributed by atoms with van der Waals surface area (Å²) in [7, 11) is -3.26. The molecule has 3 aromatic rings. The van der Waals surface area contributed by atoms with Gasteiger partial charge in [-0.15, -0.1) is 0 Å². The van der Waals surface area contributed by atoms with Crippen molar-refractivity contribution in [2.45, 2.75) is 18.2 Å². The molecule has 8 heteroatoms. The summed E-state index contributed by atoms with van der Waals surface area (Å²) in [4.78, 5) is 11.0. The summed E-state index contributed by atoms with van der Waals surface area (Å²) in [5.74, 6) is 1.45. The first-order valence-electron chi connectivity index (χ1n) is 8.94. The van der Waals surface area contributed by atoms with Crippen LogP contribution >= 0.6 is 11.6 Å². The molecule has 0 amide bonds. The Hall–Kier alpha value is -2.64. The number of hydrogen-bond donors (Lipinski definition) is 1. The van der Waals surface area contributed by atoms with E-state index in [1.807, 2.05) is 29.2 Å². The van der Waals surface area contributed by atoms with Gasteiger partial charge in [0.25, 0.3) is 0 Å². The molecule has 4 rings (SSSR count). The average Bonchev–Trinajstić information content (AvgIpc) is 3.13. The van der Waals surface area contributed by atoms with Crippen LogP contribution in [0.4, 0.5) is 23.0 Å². The lowest BCUT2D eigenvalue weighted by molar-refractivity contribution is 0.597. The highest BCUT2D eigenvalue weighted by atomic mass is 35.5. The maximum Gasteiger partial charge on any atom is 0.178 e. The van der Waals surface area contributed by atoms with Gasteiger partial charge in [0.1, 0.15) is 18.0 Å². The van der Waals surface area contributed by atoms with Crippen LogP contribution in [0.5, 0.6) is 0 Å². The lowest BCUT2D eigenvalue weighted by Crippen LogP contribution is -2.15. The number of nitrogens with one attached hydrogen (secondary N) is 1. The molecule has 0 bridgehead atoms. The zero-order chi connectivity index (χ0) is 19.7. The number of halogens is 1. The summed E-state index contributed by atoms with van der Waals surface area (Å²) in [6, 6.07) is 14.5. The number of aromatic nitrogens is 2. The fourth-order valence-electron chi connectivity index (χ4n) is 3.20. The van der Waals surface area contributed by atoms with Crippen molar-refractivity contribution in [1.82, 2.24) is 9.97 Å². The predicted octanol–water partition coefficient (Wildman–Crippen LogP) is 4.36. The number of sulfone groups is 1. The Kier molecular flexibility index (Phi) is 4.95. The number of nitrogens with zero attached hydrogens (tertiary/aromatic N) is 3. The molecule has 2 heterocycles. The van der Waals surface area contributed by atoms with Gasteiger partial charge in [-0.1, -0.05) is 24.6 Å². The van der Waals surface area contributed by atoms with Crippen LogP contribution in [-0.4, -0.2) is 30.7 Å². The van der Waals surface area contributed by atoms with Gasteiger partial charge < -0.3 is 10.2 Å². The monoisotopic (exact) mass is 414 g/mol. The summed E-state index contributed by atoms with van der Waals surface area (Å²) in [6.07, 6.45) is 2.34. The van der Waals surface area contributed by atoms with Gasteiger partial charge in [0.2, 0.25) is 0 Å². The van der Waals surface area contributed by atoms with Crippen molar-refractivity contribution in [2.75, 3.05) is 22.5 Å². The molecule has 0 saturated carbocycles. The van der Waals surface area contributed by atoms with Crippen LogP contribution in [0.15, 0.2) is 59.8 Å². The maximum absolute atomic E-state index is 12.3. The van der Waals surface area contributed by atoms with Crippen LogP contribution < -0.4 is 10.2 Å². The minimum atomic E-state index is -3.26. The van der Waals surface area contributed by atoms with E-state index >= 15 is 0 Å². The van der Waals surface area contributed by atoms with Gasteiger partial charge in [-0.2, -0.15) is 0 Å². The first kappa shape index (κ1) is 18.7. The van der Waals surface area contributed by atoms with Crippen LogP contribution in [0.3, 0.4) is 0 Å². The number of fused-ring (bicyclic) bond motifs is 1. The number of anilines is 4. The lowest BCUT2D eigenvalue weighted by atomic mass is 10.2. The summed E-state index contributed by atoms with van der Waals surface area (Å²) < 4.78 is 24.5. The second-order valence-corrected chi connectivity index (χ2v) is 9.20. The third-order valence-electron chi connectivity index (χ3n) is 4.74. The minimum Gasteiger partial charge on any atom is -0.340 e. The molecule has 0 fully saturated rings. The highest BCUT2D eigenvalue weighted by Crippen LogP contribution is 2.36. The normalized spacial score (nSPS) is 13.4. The first-order valence-corrected chi connectivity index (χ1v) is 11.0. The van der Waals surface area contributed by atoms with Crippen molar-refractivity contribution < 1.29 is 8.42 Å². The molecule has 6 nitrogen and oxygen atoms in total. The molecule has 0 aliphatic carbocycles. The Bertz CT molecular complexity index is 1120. The molecular weight excluding hydrogens is 396 g/mol. The molecule has 1 N–H and O–H groups in total. The quantitative estimate of drug-likeness (QED) is 0.668. The Morgan fingerprint density at radius 1 is 1.11 bits per heavy atom. The zero-order valence-corrected chi connectivity index (χ0v) is 16.8. The van der Waals surface area contributed by atoms with Crippen LogP contribution in [0.2, 0.25) is 5.02 Å². The van der Waals surface area contributed by atoms with Gasteiger partial charge in [-0.25, -0.2) is 18.4 Å². The molecule has 2 aromatic carbocycles. The first-order chi connectivity index (χ1) is 13.5. The predicted molar refractivity (Wildman–Crippen MR) is 112 cm³/mol. The van der Waals surface area contributed by atoms with Crippen molar-refractivity contribution in [3.05, 3.63) is 65.4 Å². The lowest BCUT2D eigenvalue weighted by Gasteiger charge is -2.19. The van der Waals surface area contributed by atoms with E-state index in [9.17, 15) is 8.42 Å². The molecule has 1 aliphatic rings. The molecule has 144 valence electrons. The molecule has 28 heavy (non-hydrogen) atoms. The Labute approximate surface area is 169 Å². The SMILES string of the molecule is CCS(=O)(=O)c1ccc2c(c1)N(c1cc(Nc3ccc(Cl)cc3)ncn1)CC2. The standard InChI is InChI=1S/C20H19ClN4O2S/c1-2-28(26,27)17-8-3-14-9-10-25(18(14)11-17)20-12-19(22-13-23-20)24-16-6-4-15(21)5-7-16/h3-8,11-13H,2,9-10H2,1H3,(H,22,23,24). The fourth-order valence-corrected chi connectivity index (χ4v) is 4.23. The van der Waals surface area contributed by atoms with E-state index in [0.29, 0.717) is 15.7 Å². The van der Waals surface area contributed by atoms with E-state index < -0.39 is 9.84 Å². The van der Waals surface area contributed by atoms with E-state index in [2.05, 4.69) is 15.3 Å². The number of benzene rings is 2. The van der Waals surface area contributed by atoms with Gasteiger partial charge in [-0.3, -0.25) is 0 Å². The van der Waals surface area contributed by atoms with Crippen LogP contribution in [-0.2, 0) is 16.3 Å². The zero-order valence-electron chi connectivity index (χ0n) is 15.3. The molecular formula is C20H19ClN4O2S. The van der Waals surface area contributed by atoms with E-state index in [-0.39, 0.29) is 5.75 Å². The second kappa shape index (κ2) is 7.41. The molecule has 0 spiro atoms. The molecule has 1 aromatic heterocycles. The smallest absolute Gasteiger partial charge is 0.178 e. The van der Waals surface area contributed by atoms with Crippen LogP contribution in [0.25, 0.3) is 0 Å². The van der Waals surface area contributed by atoms with E-state index in [1.165, 1.54) is 6.33 Å². The third kappa shape index (κ3) is 3.68. The summed E-state index contributed by atoms with van der Waals surface area (Å²) in [5, 5.41) is 3.90. The van der Waals surface area contributed by atoms with E-state index in [0.717, 1.165) is 35.7 Å². The summed E-state index contributed by atoms with van der Waals surface area (Å²) in [6.45, 7) is 2.39. The molecule has 0 unspecified atom stereocenters. The van der Waals surface area contributed by atoms with Gasteiger partial charge in [-0.05, 0) is 48.4 Å². The van der Waals surface area contributed by atoms with Crippen molar-refractivity contribution in [1.29, 1.82) is 0 Å². The van der Waals surface area contributed by atoms with E-state index in [4.69, 9.17) is 11.6 Å². The fraction of sp³-hybridized carbons (Fsp3) is 0.200. The van der Waals surface area contributed by atoms with Crippen LogP contribution in [0.1, 0.15) is 12.5 Å².